The van der Waals surface area contributed by atoms with Gasteiger partial charge in [0.05, 0.1) is 23.3 Å². The lowest BCUT2D eigenvalue weighted by Gasteiger charge is -2.05. The van der Waals surface area contributed by atoms with Crippen LogP contribution < -0.4 is 11.1 Å². The maximum Gasteiger partial charge on any atom is 0.341 e. The molecule has 0 atom stereocenters. The molecule has 0 saturated heterocycles. The van der Waals surface area contributed by atoms with Crippen LogP contribution in [0.1, 0.15) is 25.6 Å². The van der Waals surface area contributed by atoms with Gasteiger partial charge in [-0.2, -0.15) is 0 Å². The second-order valence-corrected chi connectivity index (χ2v) is 6.45. The number of carbonyl (C=O) groups is 3. The van der Waals surface area contributed by atoms with Gasteiger partial charge in [0.25, 0.3) is 5.91 Å². The molecular weight excluding hydrogens is 352 g/mol. The summed E-state index contributed by atoms with van der Waals surface area (Å²) in [7, 11) is 1.22. The van der Waals surface area contributed by atoms with Crippen molar-refractivity contribution in [1.82, 2.24) is 9.97 Å². The van der Waals surface area contributed by atoms with Crippen molar-refractivity contribution in [2.45, 2.75) is 12.1 Å². The molecule has 2 amide bonds. The highest BCUT2D eigenvalue weighted by Crippen LogP contribution is 2.33. The Labute approximate surface area is 145 Å². The van der Waals surface area contributed by atoms with Crippen molar-refractivity contribution in [3.05, 3.63) is 34.5 Å². The maximum absolute atomic E-state index is 12.1. The molecule has 0 aromatic carbocycles. The van der Waals surface area contributed by atoms with Crippen molar-refractivity contribution in [3.63, 3.8) is 0 Å². The number of ether oxygens (including phenoxy) is 1. The molecule has 10 heteroatoms. The zero-order valence-electron chi connectivity index (χ0n) is 12.9. The van der Waals surface area contributed by atoms with Crippen LogP contribution in [-0.2, 0) is 9.53 Å². The lowest BCUT2D eigenvalue weighted by atomic mass is 10.1. The van der Waals surface area contributed by atoms with Crippen LogP contribution in [0.15, 0.2) is 23.6 Å². The highest BCUT2D eigenvalue weighted by Gasteiger charge is 2.25. The SMILES string of the molecule is COC(=O)c1c(NC(=O)CSc2ncccn2)sc(C(N)=O)c1C. The Morgan fingerprint density at radius 1 is 1.33 bits per heavy atom. The summed E-state index contributed by atoms with van der Waals surface area (Å²) in [5.74, 6) is -1.64. The van der Waals surface area contributed by atoms with E-state index in [-0.39, 0.29) is 27.1 Å². The molecule has 0 saturated carbocycles. The first kappa shape index (κ1) is 17.9. The van der Waals surface area contributed by atoms with E-state index < -0.39 is 11.9 Å². The number of methoxy groups -OCH3 is 1. The van der Waals surface area contributed by atoms with E-state index in [9.17, 15) is 14.4 Å². The molecule has 0 bridgehead atoms. The number of hydrogen-bond donors (Lipinski definition) is 2. The Bertz CT molecular complexity index is 777. The standard InChI is InChI=1S/C14H14N4O4S2/c1-7-9(13(21)22-2)12(24-10(7)11(15)20)18-8(19)6-23-14-16-4-3-5-17-14/h3-5H,6H2,1-2H3,(H2,15,20)(H,18,19). The van der Waals surface area contributed by atoms with E-state index in [1.54, 1.807) is 25.4 Å². The van der Waals surface area contributed by atoms with E-state index in [0.717, 1.165) is 23.1 Å². The summed E-state index contributed by atoms with van der Waals surface area (Å²) in [6, 6.07) is 1.67. The molecule has 3 N–H and O–H groups in total. The normalized spacial score (nSPS) is 10.2. The molecule has 0 aliphatic carbocycles. The molecular formula is C14H14N4O4S2. The van der Waals surface area contributed by atoms with Crippen LogP contribution in [0.5, 0.6) is 0 Å². The van der Waals surface area contributed by atoms with Gasteiger partial charge in [0, 0.05) is 12.4 Å². The molecule has 8 nitrogen and oxygen atoms in total. The smallest absolute Gasteiger partial charge is 0.341 e. The van der Waals surface area contributed by atoms with Gasteiger partial charge in [-0.3, -0.25) is 9.59 Å². The van der Waals surface area contributed by atoms with Crippen molar-refractivity contribution in [3.8, 4) is 0 Å². The number of thiophene rings is 1. The molecule has 2 heterocycles. The first-order valence-electron chi connectivity index (χ1n) is 6.65. The molecule has 2 aromatic heterocycles. The van der Waals surface area contributed by atoms with Gasteiger partial charge in [0.15, 0.2) is 5.16 Å². The first-order valence-corrected chi connectivity index (χ1v) is 8.45. The Morgan fingerprint density at radius 2 is 2.00 bits per heavy atom. The predicted molar refractivity (Wildman–Crippen MR) is 90.3 cm³/mol. The van der Waals surface area contributed by atoms with Crippen molar-refractivity contribution >= 4 is 45.9 Å². The first-order chi connectivity index (χ1) is 11.4. The number of primary amides is 1. The minimum Gasteiger partial charge on any atom is -0.465 e. The third-order valence-electron chi connectivity index (χ3n) is 2.89. The number of thioether (sulfide) groups is 1. The topological polar surface area (TPSA) is 124 Å². The third kappa shape index (κ3) is 4.09. The molecule has 126 valence electrons. The third-order valence-corrected chi connectivity index (χ3v) is 4.98. The van der Waals surface area contributed by atoms with Gasteiger partial charge in [0.2, 0.25) is 5.91 Å². The van der Waals surface area contributed by atoms with Gasteiger partial charge in [-0.25, -0.2) is 14.8 Å². The molecule has 0 aliphatic rings. The Hall–Kier alpha value is -2.46. The average Bonchev–Trinajstić information content (AvgIpc) is 2.89. The number of nitrogens with zero attached hydrogens (tertiary/aromatic N) is 2. The Balaban J connectivity index is 2.16. The fourth-order valence-electron chi connectivity index (χ4n) is 1.84. The molecule has 2 aromatic rings. The fourth-order valence-corrected chi connectivity index (χ4v) is 3.50. The molecule has 0 radical (unpaired) electrons. The molecule has 0 aliphatic heterocycles. The van der Waals surface area contributed by atoms with Crippen molar-refractivity contribution in [1.29, 1.82) is 0 Å². The van der Waals surface area contributed by atoms with E-state index >= 15 is 0 Å². The number of amides is 2. The van der Waals surface area contributed by atoms with E-state index in [1.807, 2.05) is 0 Å². The number of rotatable bonds is 6. The van der Waals surface area contributed by atoms with Crippen LogP contribution in [-0.4, -0.2) is 40.6 Å². The maximum atomic E-state index is 12.1. The van der Waals surface area contributed by atoms with Gasteiger partial charge in [0.1, 0.15) is 5.00 Å². The summed E-state index contributed by atoms with van der Waals surface area (Å²) in [5.41, 5.74) is 5.80. The van der Waals surface area contributed by atoms with Gasteiger partial charge >= 0.3 is 5.97 Å². The predicted octanol–water partition coefficient (Wildman–Crippen LogP) is 1.46. The number of hydrogen-bond acceptors (Lipinski definition) is 8. The summed E-state index contributed by atoms with van der Waals surface area (Å²) in [6.45, 7) is 1.57. The van der Waals surface area contributed by atoms with E-state index in [4.69, 9.17) is 10.5 Å². The second-order valence-electron chi connectivity index (χ2n) is 4.48. The lowest BCUT2D eigenvalue weighted by Crippen LogP contribution is -2.16. The van der Waals surface area contributed by atoms with Gasteiger partial charge in [-0.1, -0.05) is 11.8 Å². The summed E-state index contributed by atoms with van der Waals surface area (Å²) < 4.78 is 4.70. The molecule has 2 rings (SSSR count). The molecule has 24 heavy (non-hydrogen) atoms. The quantitative estimate of drug-likeness (QED) is 0.450. The number of esters is 1. The summed E-state index contributed by atoms with van der Waals surface area (Å²) >= 11 is 2.09. The summed E-state index contributed by atoms with van der Waals surface area (Å²) in [4.78, 5) is 43.6. The van der Waals surface area contributed by atoms with Crippen molar-refractivity contribution in [2.75, 3.05) is 18.2 Å². The largest absolute Gasteiger partial charge is 0.465 e. The average molecular weight is 366 g/mol. The number of nitrogens with two attached hydrogens (primary N) is 1. The highest BCUT2D eigenvalue weighted by molar-refractivity contribution is 7.99. The minimum atomic E-state index is -0.671. The van der Waals surface area contributed by atoms with Crippen LogP contribution >= 0.6 is 23.1 Å². The van der Waals surface area contributed by atoms with E-state index in [1.165, 1.54) is 7.11 Å². The lowest BCUT2D eigenvalue weighted by molar-refractivity contribution is -0.113. The van der Waals surface area contributed by atoms with Crippen LogP contribution in [0, 0.1) is 6.92 Å². The van der Waals surface area contributed by atoms with Crippen molar-refractivity contribution < 1.29 is 19.1 Å². The molecule has 0 unspecified atom stereocenters. The Morgan fingerprint density at radius 3 is 2.58 bits per heavy atom. The summed E-state index contributed by atoms with van der Waals surface area (Å²) in [5, 5.41) is 3.30. The highest BCUT2D eigenvalue weighted by atomic mass is 32.2. The number of anilines is 1. The van der Waals surface area contributed by atoms with E-state index in [2.05, 4.69) is 15.3 Å². The van der Waals surface area contributed by atoms with Crippen LogP contribution in [0.25, 0.3) is 0 Å². The molecule has 0 spiro atoms. The zero-order valence-corrected chi connectivity index (χ0v) is 14.5. The molecule has 0 fully saturated rings. The minimum absolute atomic E-state index is 0.0491. The van der Waals surface area contributed by atoms with Crippen LogP contribution in [0.4, 0.5) is 5.00 Å². The van der Waals surface area contributed by atoms with Gasteiger partial charge in [-0.15, -0.1) is 11.3 Å². The number of aromatic nitrogens is 2. The van der Waals surface area contributed by atoms with Crippen LogP contribution in [0.2, 0.25) is 0 Å². The number of carbonyl (C=O) groups excluding carboxylic acids is 3. The monoisotopic (exact) mass is 366 g/mol. The summed E-state index contributed by atoms with van der Waals surface area (Å²) in [6.07, 6.45) is 3.15. The second kappa shape index (κ2) is 7.88. The fraction of sp³-hybridized carbons (Fsp3) is 0.214. The van der Waals surface area contributed by atoms with Crippen LogP contribution in [0.3, 0.4) is 0 Å². The van der Waals surface area contributed by atoms with Gasteiger partial charge < -0.3 is 15.8 Å². The van der Waals surface area contributed by atoms with E-state index in [0.29, 0.717) is 10.7 Å². The number of nitrogens with one attached hydrogen (secondary N) is 1. The van der Waals surface area contributed by atoms with Gasteiger partial charge in [-0.05, 0) is 18.6 Å². The Kier molecular flexibility index (Phi) is 5.88. The zero-order chi connectivity index (χ0) is 17.7. The van der Waals surface area contributed by atoms with Crippen molar-refractivity contribution in [2.24, 2.45) is 5.73 Å².